The lowest BCUT2D eigenvalue weighted by Crippen LogP contribution is -2.55. The largest absolute Gasteiger partial charge is 0.461 e. The average molecular weight is 374 g/mol. The van der Waals surface area contributed by atoms with Gasteiger partial charge in [-0.05, 0) is 43.9 Å². The van der Waals surface area contributed by atoms with Crippen molar-refractivity contribution in [3.63, 3.8) is 0 Å². The van der Waals surface area contributed by atoms with Crippen LogP contribution < -0.4 is 5.32 Å². The Hall–Kier alpha value is -1.92. The van der Waals surface area contributed by atoms with Crippen LogP contribution in [0.25, 0.3) is 0 Å². The highest BCUT2D eigenvalue weighted by atomic mass is 16.5. The number of likely N-dealkylation sites (tertiary alicyclic amines) is 1. The van der Waals surface area contributed by atoms with Gasteiger partial charge in [0, 0.05) is 32.5 Å². The summed E-state index contributed by atoms with van der Waals surface area (Å²) < 4.78 is 11.5. The lowest BCUT2D eigenvalue weighted by molar-refractivity contribution is -0.114. The number of hydrogen-bond donors (Lipinski definition) is 1. The van der Waals surface area contributed by atoms with Crippen LogP contribution in [0.15, 0.2) is 24.3 Å². The Bertz CT molecular complexity index is 693. The lowest BCUT2D eigenvalue weighted by Gasteiger charge is -2.51. The van der Waals surface area contributed by atoms with Crippen molar-refractivity contribution >= 4 is 17.6 Å². The Morgan fingerprint density at radius 2 is 2.11 bits per heavy atom. The van der Waals surface area contributed by atoms with Crippen LogP contribution in [0.5, 0.6) is 0 Å². The van der Waals surface area contributed by atoms with E-state index in [1.807, 2.05) is 0 Å². The van der Waals surface area contributed by atoms with E-state index in [1.165, 1.54) is 6.92 Å². The monoisotopic (exact) mass is 374 g/mol. The fourth-order valence-corrected chi connectivity index (χ4v) is 4.65. The highest BCUT2D eigenvalue weighted by Crippen LogP contribution is 2.45. The Labute approximate surface area is 161 Å². The van der Waals surface area contributed by atoms with Crippen LogP contribution in [0.2, 0.25) is 0 Å². The number of nitrogens with zero attached hydrogens (tertiary/aromatic N) is 1. The molecule has 2 aliphatic rings. The van der Waals surface area contributed by atoms with Crippen LogP contribution in [0, 0.1) is 11.3 Å². The molecule has 0 spiro atoms. The maximum absolute atomic E-state index is 12.7. The van der Waals surface area contributed by atoms with Crippen LogP contribution in [0.1, 0.15) is 43.5 Å². The smallest absolute Gasteiger partial charge is 0.340 e. The molecule has 1 saturated heterocycles. The maximum Gasteiger partial charge on any atom is 0.340 e. The average Bonchev–Trinajstić information content (AvgIpc) is 2.66. The second-order valence-electron chi connectivity index (χ2n) is 7.91. The first-order valence-corrected chi connectivity index (χ1v) is 9.75. The molecule has 1 aliphatic heterocycles. The number of fused-ring (bicyclic) bond motifs is 2. The van der Waals surface area contributed by atoms with Gasteiger partial charge in [-0.1, -0.05) is 19.1 Å². The Morgan fingerprint density at radius 1 is 1.33 bits per heavy atom. The van der Waals surface area contributed by atoms with E-state index in [2.05, 4.69) is 17.1 Å². The highest BCUT2D eigenvalue weighted by Gasteiger charge is 2.46. The molecule has 1 amide bonds. The van der Waals surface area contributed by atoms with E-state index < -0.39 is 0 Å². The van der Waals surface area contributed by atoms with E-state index >= 15 is 0 Å². The van der Waals surface area contributed by atoms with Crippen molar-refractivity contribution in [2.24, 2.45) is 11.3 Å². The van der Waals surface area contributed by atoms with Crippen molar-refractivity contribution < 1.29 is 19.1 Å². The summed E-state index contributed by atoms with van der Waals surface area (Å²) in [5, 5.41) is 2.70. The number of methoxy groups -OCH3 is 1. The van der Waals surface area contributed by atoms with Gasteiger partial charge in [0.1, 0.15) is 0 Å². The number of para-hydroxylation sites is 1. The number of anilines is 1. The van der Waals surface area contributed by atoms with E-state index in [4.69, 9.17) is 9.47 Å². The Morgan fingerprint density at radius 3 is 2.81 bits per heavy atom. The number of esters is 1. The molecule has 27 heavy (non-hydrogen) atoms. The van der Waals surface area contributed by atoms with Crippen molar-refractivity contribution in [1.29, 1.82) is 0 Å². The molecule has 2 bridgehead atoms. The van der Waals surface area contributed by atoms with Crippen LogP contribution in [0.3, 0.4) is 0 Å². The molecule has 2 fully saturated rings. The fourth-order valence-electron chi connectivity index (χ4n) is 4.65. The SMILES string of the molecule is CCN1C[C@H]2C[C@](COC(=O)c3ccccc3NC(C)=O)(CC[C@H]2OC)C1. The third-order valence-corrected chi connectivity index (χ3v) is 5.95. The number of hydrogen-bond acceptors (Lipinski definition) is 5. The number of carbonyl (C=O) groups excluding carboxylic acids is 2. The van der Waals surface area contributed by atoms with Crippen molar-refractivity contribution in [1.82, 2.24) is 4.90 Å². The second kappa shape index (κ2) is 8.40. The third-order valence-electron chi connectivity index (χ3n) is 5.95. The summed E-state index contributed by atoms with van der Waals surface area (Å²) in [6.07, 6.45) is 3.34. The number of carbonyl (C=O) groups is 2. The Kier molecular flexibility index (Phi) is 6.17. The van der Waals surface area contributed by atoms with E-state index in [0.717, 1.165) is 38.9 Å². The Balaban J connectivity index is 1.70. The maximum atomic E-state index is 12.7. The molecule has 148 valence electrons. The van der Waals surface area contributed by atoms with Crippen LogP contribution in [-0.4, -0.2) is 56.2 Å². The molecular weight excluding hydrogens is 344 g/mol. The molecular formula is C21H30N2O4. The molecule has 6 nitrogen and oxygen atoms in total. The van der Waals surface area contributed by atoms with Gasteiger partial charge in [-0.15, -0.1) is 0 Å². The zero-order chi connectivity index (χ0) is 19.4. The number of ether oxygens (including phenoxy) is 2. The zero-order valence-electron chi connectivity index (χ0n) is 16.5. The van der Waals surface area contributed by atoms with Gasteiger partial charge < -0.3 is 19.7 Å². The highest BCUT2D eigenvalue weighted by molar-refractivity contribution is 6.00. The van der Waals surface area contributed by atoms with Gasteiger partial charge in [0.05, 0.1) is 24.0 Å². The van der Waals surface area contributed by atoms with Gasteiger partial charge in [-0.2, -0.15) is 0 Å². The summed E-state index contributed by atoms with van der Waals surface area (Å²) in [6.45, 7) is 7.01. The molecule has 0 radical (unpaired) electrons. The van der Waals surface area contributed by atoms with Crippen molar-refractivity contribution in [3.05, 3.63) is 29.8 Å². The van der Waals surface area contributed by atoms with Gasteiger partial charge in [-0.25, -0.2) is 4.79 Å². The molecule has 1 heterocycles. The van der Waals surface area contributed by atoms with Gasteiger partial charge in [-0.3, -0.25) is 4.79 Å². The summed E-state index contributed by atoms with van der Waals surface area (Å²) in [7, 11) is 1.79. The molecule has 1 aliphatic carbocycles. The van der Waals surface area contributed by atoms with E-state index in [0.29, 0.717) is 29.9 Å². The van der Waals surface area contributed by atoms with Gasteiger partial charge in [0.25, 0.3) is 0 Å². The number of piperidine rings is 1. The van der Waals surface area contributed by atoms with Crippen molar-refractivity contribution in [2.75, 3.05) is 38.7 Å². The summed E-state index contributed by atoms with van der Waals surface area (Å²) in [5.41, 5.74) is 0.883. The molecule has 1 N–H and O–H groups in total. The normalized spacial score (nSPS) is 27.8. The number of benzene rings is 1. The van der Waals surface area contributed by atoms with E-state index in [9.17, 15) is 9.59 Å². The third kappa shape index (κ3) is 4.50. The lowest BCUT2D eigenvalue weighted by atomic mass is 9.65. The standard InChI is InChI=1S/C21H30N2O4/c1-4-23-12-16-11-21(13-23,10-9-19(16)26-3)14-27-20(25)17-7-5-6-8-18(17)22-15(2)24/h5-8,16,19H,4,9-14H2,1-3H3,(H,22,24)/t16-,19-,21-/m1/s1. The fraction of sp³-hybridized carbons (Fsp3) is 0.619. The first-order valence-electron chi connectivity index (χ1n) is 9.75. The molecule has 1 aromatic rings. The summed E-state index contributed by atoms with van der Waals surface area (Å²) in [4.78, 5) is 26.5. The van der Waals surface area contributed by atoms with E-state index in [1.54, 1.807) is 31.4 Å². The summed E-state index contributed by atoms with van der Waals surface area (Å²) >= 11 is 0. The van der Waals surface area contributed by atoms with Crippen molar-refractivity contribution in [2.45, 2.75) is 39.2 Å². The van der Waals surface area contributed by atoms with Gasteiger partial charge >= 0.3 is 5.97 Å². The summed E-state index contributed by atoms with van der Waals surface area (Å²) in [5.74, 6) is -0.101. The van der Waals surface area contributed by atoms with Crippen LogP contribution in [0.4, 0.5) is 5.69 Å². The topological polar surface area (TPSA) is 67.9 Å². The zero-order valence-corrected chi connectivity index (χ0v) is 16.5. The molecule has 3 rings (SSSR count). The van der Waals surface area contributed by atoms with E-state index in [-0.39, 0.29) is 17.3 Å². The predicted molar refractivity (Wildman–Crippen MR) is 104 cm³/mol. The first-order chi connectivity index (χ1) is 13.0. The first kappa shape index (κ1) is 19.8. The summed E-state index contributed by atoms with van der Waals surface area (Å²) in [6, 6.07) is 6.97. The van der Waals surface area contributed by atoms with Crippen molar-refractivity contribution in [3.8, 4) is 0 Å². The molecule has 0 unspecified atom stereocenters. The molecule has 6 heteroatoms. The van der Waals surface area contributed by atoms with Gasteiger partial charge in [0.15, 0.2) is 0 Å². The molecule has 1 aromatic carbocycles. The predicted octanol–water partition coefficient (Wildman–Crippen LogP) is 2.94. The second-order valence-corrected chi connectivity index (χ2v) is 7.91. The minimum atomic E-state index is -0.382. The number of nitrogens with one attached hydrogen (secondary N) is 1. The molecule has 0 aromatic heterocycles. The van der Waals surface area contributed by atoms with Crippen LogP contribution in [-0.2, 0) is 14.3 Å². The molecule has 3 atom stereocenters. The quantitative estimate of drug-likeness (QED) is 0.776. The number of rotatable bonds is 6. The van der Waals surface area contributed by atoms with Crippen LogP contribution >= 0.6 is 0 Å². The van der Waals surface area contributed by atoms with Gasteiger partial charge in [0.2, 0.25) is 5.91 Å². The minimum Gasteiger partial charge on any atom is -0.461 e. The minimum absolute atomic E-state index is 0.00738. The number of amides is 1. The molecule has 1 saturated carbocycles.